The number of carbonyl (C=O) groups excluding carboxylic acids is 1. The molecule has 0 aliphatic heterocycles. The molecular weight excluding hydrogens is 329 g/mol. The topological polar surface area (TPSA) is 50.1 Å². The second-order valence-electron chi connectivity index (χ2n) is 6.89. The van der Waals surface area contributed by atoms with Gasteiger partial charge in [-0.05, 0) is 73.4 Å². The number of rotatable bonds is 4. The lowest BCUT2D eigenvalue weighted by atomic mass is 9.78. The molecule has 0 radical (unpaired) electrons. The zero-order chi connectivity index (χ0) is 18.5. The van der Waals surface area contributed by atoms with Gasteiger partial charge in [-0.2, -0.15) is 5.26 Å². The van der Waals surface area contributed by atoms with E-state index in [1.54, 1.807) is 18.2 Å². The second kappa shape index (κ2) is 8.14. The summed E-state index contributed by atoms with van der Waals surface area (Å²) in [4.78, 5) is 12.3. The van der Waals surface area contributed by atoms with Gasteiger partial charge in [-0.25, -0.2) is 9.18 Å². The minimum atomic E-state index is -0.751. The molecule has 3 rings (SSSR count). The number of ether oxygens (including phenoxy) is 1. The molecule has 1 fully saturated rings. The van der Waals surface area contributed by atoms with E-state index in [0.717, 1.165) is 24.3 Å². The predicted molar refractivity (Wildman–Crippen MR) is 97.5 cm³/mol. The minimum Gasteiger partial charge on any atom is -0.423 e. The number of nitrogens with zero attached hydrogens (tertiary/aromatic N) is 1. The molecule has 2 aromatic carbocycles. The molecule has 0 N–H and O–H groups in total. The molecule has 0 heterocycles. The first-order chi connectivity index (χ1) is 12.6. The van der Waals surface area contributed by atoms with Gasteiger partial charge in [0.15, 0.2) is 0 Å². The Balaban J connectivity index is 1.71. The molecule has 134 valence electrons. The summed E-state index contributed by atoms with van der Waals surface area (Å²) in [5.74, 6) is 0.0787. The molecule has 0 bridgehead atoms. The summed E-state index contributed by atoms with van der Waals surface area (Å²) >= 11 is 0. The number of carbonyl (C=O) groups is 1. The van der Waals surface area contributed by atoms with Crippen LogP contribution >= 0.6 is 0 Å². The normalized spacial score (nSPS) is 19.6. The first kappa shape index (κ1) is 18.1. The monoisotopic (exact) mass is 351 g/mol. The van der Waals surface area contributed by atoms with Crippen LogP contribution in [0.25, 0.3) is 0 Å². The van der Waals surface area contributed by atoms with Crippen molar-refractivity contribution in [2.45, 2.75) is 44.9 Å². The average Bonchev–Trinajstić information content (AvgIpc) is 2.68. The van der Waals surface area contributed by atoms with E-state index in [-0.39, 0.29) is 11.3 Å². The van der Waals surface area contributed by atoms with Gasteiger partial charge in [0.2, 0.25) is 0 Å². The van der Waals surface area contributed by atoms with E-state index in [1.807, 2.05) is 12.1 Å². The maximum atomic E-state index is 14.5. The zero-order valence-electron chi connectivity index (χ0n) is 14.9. The summed E-state index contributed by atoms with van der Waals surface area (Å²) in [7, 11) is 0. The molecule has 1 aliphatic rings. The maximum absolute atomic E-state index is 14.5. The van der Waals surface area contributed by atoms with Crippen molar-refractivity contribution in [3.05, 3.63) is 65.0 Å². The smallest absolute Gasteiger partial charge is 0.346 e. The maximum Gasteiger partial charge on any atom is 0.346 e. The van der Waals surface area contributed by atoms with Crippen molar-refractivity contribution < 1.29 is 13.9 Å². The van der Waals surface area contributed by atoms with Gasteiger partial charge >= 0.3 is 5.97 Å². The van der Waals surface area contributed by atoms with E-state index < -0.39 is 11.8 Å². The lowest BCUT2D eigenvalue weighted by molar-refractivity contribution is 0.0730. The summed E-state index contributed by atoms with van der Waals surface area (Å²) < 4.78 is 19.7. The zero-order valence-corrected chi connectivity index (χ0v) is 14.9. The lowest BCUT2D eigenvalue weighted by Crippen LogP contribution is -2.14. The van der Waals surface area contributed by atoms with Crippen LogP contribution in [0.3, 0.4) is 0 Å². The molecular formula is C22H22FNO2. The van der Waals surface area contributed by atoms with Crippen molar-refractivity contribution in [1.82, 2.24) is 0 Å². The first-order valence-electron chi connectivity index (χ1n) is 9.12. The van der Waals surface area contributed by atoms with Gasteiger partial charge in [0.05, 0.1) is 17.2 Å². The van der Waals surface area contributed by atoms with Crippen LogP contribution in [0, 0.1) is 23.1 Å². The Labute approximate surface area is 153 Å². The van der Waals surface area contributed by atoms with Crippen LogP contribution in [0.1, 0.15) is 66.4 Å². The van der Waals surface area contributed by atoms with Crippen LogP contribution in [0.2, 0.25) is 0 Å². The van der Waals surface area contributed by atoms with Crippen LogP contribution in [0.4, 0.5) is 4.39 Å². The highest BCUT2D eigenvalue weighted by Crippen LogP contribution is 2.37. The van der Waals surface area contributed by atoms with E-state index in [4.69, 9.17) is 10.00 Å². The lowest BCUT2D eigenvalue weighted by Gasteiger charge is -2.28. The minimum absolute atomic E-state index is 0.0849. The quantitative estimate of drug-likeness (QED) is 0.532. The molecule has 2 aromatic rings. The van der Waals surface area contributed by atoms with E-state index >= 15 is 0 Å². The molecule has 26 heavy (non-hydrogen) atoms. The Hall–Kier alpha value is -2.67. The van der Waals surface area contributed by atoms with Gasteiger partial charge in [-0.1, -0.05) is 25.5 Å². The van der Waals surface area contributed by atoms with E-state index in [9.17, 15) is 9.18 Å². The standard InChI is InChI=1S/C22H22FNO2/c1-2-15-6-8-17(9-7-15)18-10-11-20(21(23)13-18)22(25)26-19-5-3-4-16(12-19)14-24/h3-5,10-13,15,17H,2,6-9H2,1H3/t15-,17-. The van der Waals surface area contributed by atoms with E-state index in [1.165, 1.54) is 37.5 Å². The second-order valence-corrected chi connectivity index (χ2v) is 6.89. The summed E-state index contributed by atoms with van der Waals surface area (Å²) in [5, 5.41) is 8.89. The molecule has 0 unspecified atom stereocenters. The van der Waals surface area contributed by atoms with Crippen molar-refractivity contribution in [3.63, 3.8) is 0 Å². The number of nitriles is 1. The Morgan fingerprint density at radius 3 is 2.62 bits per heavy atom. The molecule has 0 saturated heterocycles. The van der Waals surface area contributed by atoms with Crippen LogP contribution in [-0.4, -0.2) is 5.97 Å². The van der Waals surface area contributed by atoms with Crippen molar-refractivity contribution in [2.24, 2.45) is 5.92 Å². The van der Waals surface area contributed by atoms with Gasteiger partial charge in [0.1, 0.15) is 11.6 Å². The van der Waals surface area contributed by atoms with Gasteiger partial charge in [0.25, 0.3) is 0 Å². The van der Waals surface area contributed by atoms with Crippen molar-refractivity contribution in [3.8, 4) is 11.8 Å². The number of hydrogen-bond donors (Lipinski definition) is 0. The number of hydrogen-bond acceptors (Lipinski definition) is 3. The fraction of sp³-hybridized carbons (Fsp3) is 0.364. The molecule has 0 atom stereocenters. The van der Waals surface area contributed by atoms with Crippen LogP contribution in [0.15, 0.2) is 42.5 Å². The number of benzene rings is 2. The van der Waals surface area contributed by atoms with Crippen LogP contribution < -0.4 is 4.74 Å². The fourth-order valence-electron chi connectivity index (χ4n) is 3.65. The van der Waals surface area contributed by atoms with Gasteiger partial charge in [0, 0.05) is 0 Å². The first-order valence-corrected chi connectivity index (χ1v) is 9.12. The van der Waals surface area contributed by atoms with E-state index in [0.29, 0.717) is 11.5 Å². The molecule has 3 nitrogen and oxygen atoms in total. The highest BCUT2D eigenvalue weighted by molar-refractivity contribution is 5.91. The molecule has 0 amide bonds. The summed E-state index contributed by atoms with van der Waals surface area (Å²) in [6.07, 6.45) is 5.72. The fourth-order valence-corrected chi connectivity index (χ4v) is 3.65. The van der Waals surface area contributed by atoms with E-state index in [2.05, 4.69) is 6.92 Å². The third kappa shape index (κ3) is 4.11. The SMILES string of the molecule is CC[C@H]1CC[C@H](c2ccc(C(=O)Oc3cccc(C#N)c3)c(F)c2)CC1. The Morgan fingerprint density at radius 1 is 1.19 bits per heavy atom. The highest BCUT2D eigenvalue weighted by atomic mass is 19.1. The average molecular weight is 351 g/mol. The number of halogens is 1. The molecule has 1 aliphatic carbocycles. The van der Waals surface area contributed by atoms with Crippen LogP contribution in [0.5, 0.6) is 5.75 Å². The van der Waals surface area contributed by atoms with Gasteiger partial charge in [-0.3, -0.25) is 0 Å². The molecule has 0 spiro atoms. The number of esters is 1. The van der Waals surface area contributed by atoms with Crippen molar-refractivity contribution in [2.75, 3.05) is 0 Å². The molecule has 4 heteroatoms. The third-order valence-corrected chi connectivity index (χ3v) is 5.28. The predicted octanol–water partition coefficient (Wildman–Crippen LogP) is 5.60. The van der Waals surface area contributed by atoms with Crippen molar-refractivity contribution in [1.29, 1.82) is 5.26 Å². The summed E-state index contributed by atoms with van der Waals surface area (Å²) in [6, 6.07) is 13.0. The Kier molecular flexibility index (Phi) is 5.68. The largest absolute Gasteiger partial charge is 0.423 e. The summed E-state index contributed by atoms with van der Waals surface area (Å²) in [6.45, 7) is 2.22. The third-order valence-electron chi connectivity index (χ3n) is 5.28. The highest BCUT2D eigenvalue weighted by Gasteiger charge is 2.23. The molecule has 1 saturated carbocycles. The van der Waals surface area contributed by atoms with Gasteiger partial charge < -0.3 is 4.74 Å². The Morgan fingerprint density at radius 2 is 1.96 bits per heavy atom. The Bertz CT molecular complexity index is 832. The van der Waals surface area contributed by atoms with Crippen molar-refractivity contribution >= 4 is 5.97 Å². The molecule has 0 aromatic heterocycles. The summed E-state index contributed by atoms with van der Waals surface area (Å²) in [5.41, 5.74) is 1.26. The van der Waals surface area contributed by atoms with Crippen LogP contribution in [-0.2, 0) is 0 Å². The van der Waals surface area contributed by atoms with Gasteiger partial charge in [-0.15, -0.1) is 0 Å².